The van der Waals surface area contributed by atoms with Crippen molar-refractivity contribution in [2.45, 2.75) is 64.1 Å². The maximum Gasteiger partial charge on any atom is 0.125 e. The van der Waals surface area contributed by atoms with Gasteiger partial charge in [-0.1, -0.05) is 26.3 Å². The first-order valence-electron chi connectivity index (χ1n) is 8.44. The number of rotatable bonds is 3. The molecule has 1 N–H and O–H groups in total. The fourth-order valence-corrected chi connectivity index (χ4v) is 3.83. The lowest BCUT2D eigenvalue weighted by Crippen LogP contribution is -2.52. The van der Waals surface area contributed by atoms with Crippen molar-refractivity contribution in [3.05, 3.63) is 29.3 Å². The molecule has 2 heterocycles. The topological polar surface area (TPSA) is 32.7 Å². The van der Waals surface area contributed by atoms with Crippen molar-refractivity contribution >= 4 is 0 Å². The maximum absolute atomic E-state index is 10.9. The lowest BCUT2D eigenvalue weighted by atomic mass is 9.91. The van der Waals surface area contributed by atoms with Crippen LogP contribution in [0.2, 0.25) is 0 Å². The Morgan fingerprint density at radius 1 is 1.29 bits per heavy atom. The highest BCUT2D eigenvalue weighted by molar-refractivity contribution is 5.41. The number of likely N-dealkylation sites (tertiary alicyclic amines) is 1. The normalized spacial score (nSPS) is 29.8. The molecule has 3 nitrogen and oxygen atoms in total. The van der Waals surface area contributed by atoms with Gasteiger partial charge in [-0.25, -0.2) is 0 Å². The van der Waals surface area contributed by atoms with Crippen LogP contribution in [0.15, 0.2) is 18.2 Å². The molecular formula is C18H27NO2. The fraction of sp³-hybridized carbons (Fsp3) is 0.667. The molecule has 3 atom stereocenters. The quantitative estimate of drug-likeness (QED) is 0.926. The molecule has 3 heteroatoms. The molecule has 2 aliphatic heterocycles. The predicted octanol–water partition coefficient (Wildman–Crippen LogP) is 3.31. The van der Waals surface area contributed by atoms with E-state index in [9.17, 15) is 5.11 Å². The molecular weight excluding hydrogens is 262 g/mol. The van der Waals surface area contributed by atoms with E-state index in [-0.39, 0.29) is 6.04 Å². The second kappa shape index (κ2) is 6.37. The Balaban J connectivity index is 1.85. The molecule has 3 unspecified atom stereocenters. The minimum Gasteiger partial charge on any atom is -0.491 e. The third-order valence-electron chi connectivity index (χ3n) is 5.15. The van der Waals surface area contributed by atoms with E-state index in [4.69, 9.17) is 4.74 Å². The van der Waals surface area contributed by atoms with Crippen molar-refractivity contribution in [2.75, 3.05) is 13.2 Å². The molecule has 0 amide bonds. The summed E-state index contributed by atoms with van der Waals surface area (Å²) in [4.78, 5) is 2.50. The van der Waals surface area contributed by atoms with Crippen molar-refractivity contribution < 1.29 is 9.84 Å². The number of aliphatic hydroxyl groups excluding tert-OH is 1. The minimum atomic E-state index is -0.424. The minimum absolute atomic E-state index is 0.106. The molecule has 0 aliphatic carbocycles. The maximum atomic E-state index is 10.9. The van der Waals surface area contributed by atoms with Crippen LogP contribution in [0.1, 0.15) is 56.8 Å². The summed E-state index contributed by atoms with van der Waals surface area (Å²) < 4.78 is 5.95. The molecule has 116 valence electrons. The number of aliphatic hydroxyl groups is 1. The highest BCUT2D eigenvalue weighted by atomic mass is 16.5. The zero-order valence-electron chi connectivity index (χ0n) is 13.2. The third kappa shape index (κ3) is 2.82. The number of ether oxygens (including phenoxy) is 1. The summed E-state index contributed by atoms with van der Waals surface area (Å²) in [5.41, 5.74) is 2.24. The summed E-state index contributed by atoms with van der Waals surface area (Å²) in [6, 6.07) is 6.94. The van der Waals surface area contributed by atoms with Crippen molar-refractivity contribution in [3.8, 4) is 5.75 Å². The van der Waals surface area contributed by atoms with Gasteiger partial charge in [0.15, 0.2) is 0 Å². The first kappa shape index (κ1) is 14.9. The van der Waals surface area contributed by atoms with Crippen molar-refractivity contribution in [3.63, 3.8) is 0 Å². The molecule has 1 aromatic carbocycles. The second-order valence-corrected chi connectivity index (χ2v) is 6.34. The Bertz CT molecular complexity index is 488. The lowest BCUT2D eigenvalue weighted by Gasteiger charge is -2.44. The van der Waals surface area contributed by atoms with E-state index in [1.165, 1.54) is 24.8 Å². The standard InChI is InChI=1S/C18H27NO2/c1-3-13-8-9-17-15(11-13)18(20)16(12-21-17)19-10-6-5-7-14(19)4-2/h8-9,11,14,16,18,20H,3-7,10,12H2,1-2H3. The SMILES string of the molecule is CCc1ccc2c(c1)C(O)C(N1CCCCC1CC)CO2. The zero-order chi connectivity index (χ0) is 14.8. The van der Waals surface area contributed by atoms with Gasteiger partial charge in [-0.3, -0.25) is 4.90 Å². The monoisotopic (exact) mass is 289 g/mol. The first-order chi connectivity index (χ1) is 10.2. The lowest BCUT2D eigenvalue weighted by molar-refractivity contribution is -0.0293. The van der Waals surface area contributed by atoms with E-state index in [1.54, 1.807) is 0 Å². The van der Waals surface area contributed by atoms with Crippen LogP contribution >= 0.6 is 0 Å². The van der Waals surface area contributed by atoms with Crippen LogP contribution in [0.25, 0.3) is 0 Å². The van der Waals surface area contributed by atoms with E-state index in [0.29, 0.717) is 12.6 Å². The van der Waals surface area contributed by atoms with Gasteiger partial charge >= 0.3 is 0 Å². The number of hydrogen-bond donors (Lipinski definition) is 1. The smallest absolute Gasteiger partial charge is 0.125 e. The van der Waals surface area contributed by atoms with Gasteiger partial charge in [-0.15, -0.1) is 0 Å². The average Bonchev–Trinajstić information content (AvgIpc) is 2.55. The average molecular weight is 289 g/mol. The Morgan fingerprint density at radius 2 is 2.14 bits per heavy atom. The van der Waals surface area contributed by atoms with E-state index in [0.717, 1.165) is 30.7 Å². The largest absolute Gasteiger partial charge is 0.491 e. The van der Waals surface area contributed by atoms with Crippen molar-refractivity contribution in [1.29, 1.82) is 0 Å². The van der Waals surface area contributed by atoms with Crippen LogP contribution in [0.5, 0.6) is 5.75 Å². The summed E-state index contributed by atoms with van der Waals surface area (Å²) in [7, 11) is 0. The molecule has 0 radical (unpaired) electrons. The van der Waals surface area contributed by atoms with Gasteiger partial charge in [-0.2, -0.15) is 0 Å². The van der Waals surface area contributed by atoms with Crippen LogP contribution in [0.4, 0.5) is 0 Å². The van der Waals surface area contributed by atoms with Crippen LogP contribution in [-0.4, -0.2) is 35.2 Å². The van der Waals surface area contributed by atoms with Gasteiger partial charge in [0.25, 0.3) is 0 Å². The Labute approximate surface area is 127 Å². The molecule has 0 bridgehead atoms. The number of benzene rings is 1. The summed E-state index contributed by atoms with van der Waals surface area (Å²) in [6.07, 6.45) is 5.53. The van der Waals surface area contributed by atoms with Gasteiger partial charge in [-0.05, 0) is 49.9 Å². The predicted molar refractivity (Wildman–Crippen MR) is 84.7 cm³/mol. The number of nitrogens with zero attached hydrogens (tertiary/aromatic N) is 1. The van der Waals surface area contributed by atoms with Gasteiger partial charge in [0.05, 0.1) is 6.04 Å². The number of fused-ring (bicyclic) bond motifs is 1. The highest BCUT2D eigenvalue weighted by Crippen LogP contribution is 2.37. The van der Waals surface area contributed by atoms with Crippen molar-refractivity contribution in [2.24, 2.45) is 0 Å². The molecule has 0 aromatic heterocycles. The Hall–Kier alpha value is -1.06. The molecule has 0 saturated carbocycles. The molecule has 0 spiro atoms. The van der Waals surface area contributed by atoms with Gasteiger partial charge in [0, 0.05) is 11.6 Å². The van der Waals surface area contributed by atoms with Crippen LogP contribution < -0.4 is 4.74 Å². The molecule has 21 heavy (non-hydrogen) atoms. The summed E-state index contributed by atoms with van der Waals surface area (Å²) >= 11 is 0. The van der Waals surface area contributed by atoms with Crippen LogP contribution in [0.3, 0.4) is 0 Å². The molecule has 3 rings (SSSR count). The van der Waals surface area contributed by atoms with Gasteiger partial charge < -0.3 is 9.84 Å². The summed E-state index contributed by atoms with van der Waals surface area (Å²) in [5, 5.41) is 10.9. The van der Waals surface area contributed by atoms with E-state index >= 15 is 0 Å². The highest BCUT2D eigenvalue weighted by Gasteiger charge is 2.37. The fourth-order valence-electron chi connectivity index (χ4n) is 3.83. The first-order valence-corrected chi connectivity index (χ1v) is 8.44. The Kier molecular flexibility index (Phi) is 4.51. The van der Waals surface area contributed by atoms with Crippen molar-refractivity contribution in [1.82, 2.24) is 4.90 Å². The van der Waals surface area contributed by atoms with Gasteiger partial charge in [0.2, 0.25) is 0 Å². The second-order valence-electron chi connectivity index (χ2n) is 6.34. The zero-order valence-corrected chi connectivity index (χ0v) is 13.2. The third-order valence-corrected chi connectivity index (χ3v) is 5.15. The summed E-state index contributed by atoms with van der Waals surface area (Å²) in [5.74, 6) is 0.862. The van der Waals surface area contributed by atoms with E-state index in [1.807, 2.05) is 6.07 Å². The van der Waals surface area contributed by atoms with Crippen LogP contribution in [0, 0.1) is 0 Å². The molecule has 2 aliphatic rings. The molecule has 1 fully saturated rings. The molecule has 1 saturated heterocycles. The van der Waals surface area contributed by atoms with E-state index < -0.39 is 6.10 Å². The van der Waals surface area contributed by atoms with E-state index in [2.05, 4.69) is 30.9 Å². The van der Waals surface area contributed by atoms with Crippen LogP contribution in [-0.2, 0) is 6.42 Å². The number of hydrogen-bond acceptors (Lipinski definition) is 3. The number of aryl methyl sites for hydroxylation is 1. The Morgan fingerprint density at radius 3 is 2.90 bits per heavy atom. The molecule has 1 aromatic rings. The van der Waals surface area contributed by atoms with Gasteiger partial charge in [0.1, 0.15) is 18.5 Å². The number of piperidine rings is 1. The summed E-state index contributed by atoms with van der Waals surface area (Å²) in [6.45, 7) is 6.09.